The number of carbonyl (C=O) groups is 6. The van der Waals surface area contributed by atoms with E-state index in [2.05, 4.69) is 26.6 Å². The number of aliphatic carboxylic acids is 2. The van der Waals surface area contributed by atoms with Gasteiger partial charge < -0.3 is 36.8 Å². The molecule has 0 heterocycles. The Morgan fingerprint density at radius 2 is 1.36 bits per heavy atom. The molecular formula is C31H41N5O8. The summed E-state index contributed by atoms with van der Waals surface area (Å²) in [5, 5.41) is 31.4. The normalized spacial score (nSPS) is 12.9. The van der Waals surface area contributed by atoms with Gasteiger partial charge in [-0.15, -0.1) is 0 Å². The summed E-state index contributed by atoms with van der Waals surface area (Å²) < 4.78 is 0. The molecule has 3 atom stereocenters. The third-order valence-corrected chi connectivity index (χ3v) is 6.57. The molecule has 0 unspecified atom stereocenters. The van der Waals surface area contributed by atoms with Gasteiger partial charge in [-0.2, -0.15) is 0 Å². The van der Waals surface area contributed by atoms with E-state index >= 15 is 0 Å². The van der Waals surface area contributed by atoms with Crippen molar-refractivity contribution in [3.05, 3.63) is 59.7 Å². The molecule has 0 fully saturated rings. The predicted octanol–water partition coefficient (Wildman–Crippen LogP) is 2.90. The molecule has 0 saturated carbocycles. The molecule has 0 radical (unpaired) electrons. The highest BCUT2D eigenvalue weighted by Gasteiger charge is 2.32. The van der Waals surface area contributed by atoms with E-state index in [-0.39, 0.29) is 18.8 Å². The lowest BCUT2D eigenvalue weighted by atomic mass is 10.0. The van der Waals surface area contributed by atoms with Crippen LogP contribution >= 0.6 is 0 Å². The van der Waals surface area contributed by atoms with Crippen LogP contribution in [-0.2, 0) is 30.4 Å². The van der Waals surface area contributed by atoms with Crippen LogP contribution in [0.2, 0.25) is 0 Å². The minimum absolute atomic E-state index is 0.0497. The zero-order valence-corrected chi connectivity index (χ0v) is 25.5. The van der Waals surface area contributed by atoms with Crippen LogP contribution in [-0.4, -0.2) is 64.0 Å². The van der Waals surface area contributed by atoms with Gasteiger partial charge in [0, 0.05) is 11.4 Å². The molecule has 238 valence electrons. The second kappa shape index (κ2) is 16.6. The van der Waals surface area contributed by atoms with Gasteiger partial charge in [-0.25, -0.2) is 9.59 Å². The van der Waals surface area contributed by atoms with E-state index in [1.54, 1.807) is 44.2 Å². The third-order valence-electron chi connectivity index (χ3n) is 6.57. The molecule has 2 aromatic rings. The van der Waals surface area contributed by atoms with Gasteiger partial charge in [0.05, 0.1) is 12.8 Å². The average Bonchev–Trinajstić information content (AvgIpc) is 2.92. The van der Waals surface area contributed by atoms with Gasteiger partial charge in [0.2, 0.25) is 17.7 Å². The quantitative estimate of drug-likeness (QED) is 0.159. The van der Waals surface area contributed by atoms with Gasteiger partial charge in [-0.05, 0) is 54.5 Å². The number of aryl methyl sites for hydroxylation is 1. The Morgan fingerprint density at radius 3 is 1.91 bits per heavy atom. The summed E-state index contributed by atoms with van der Waals surface area (Å²) in [6.45, 7) is 8.68. The molecule has 13 nitrogen and oxygen atoms in total. The van der Waals surface area contributed by atoms with Crippen molar-refractivity contribution < 1.29 is 39.0 Å². The van der Waals surface area contributed by atoms with E-state index in [0.717, 1.165) is 5.56 Å². The molecule has 2 aromatic carbocycles. The fourth-order valence-corrected chi connectivity index (χ4v) is 4.26. The Balaban J connectivity index is 2.04. The SMILES string of the molecule is Cc1ccccc1NC(=O)Nc1ccc(CC(=O)N[C@@H](CC(C)C)C(=O)N[C@@H](CC(=O)O)C(=O)N[C@H](C(=O)O)C(C)C)cc1. The van der Waals surface area contributed by atoms with Crippen molar-refractivity contribution in [3.8, 4) is 0 Å². The summed E-state index contributed by atoms with van der Waals surface area (Å²) in [5.74, 6) is -5.45. The van der Waals surface area contributed by atoms with Crippen LogP contribution in [0.15, 0.2) is 48.5 Å². The molecule has 13 heteroatoms. The van der Waals surface area contributed by atoms with E-state index in [0.29, 0.717) is 16.9 Å². The molecule has 0 aliphatic rings. The summed E-state index contributed by atoms with van der Waals surface area (Å²) in [7, 11) is 0. The van der Waals surface area contributed by atoms with Crippen molar-refractivity contribution in [1.82, 2.24) is 16.0 Å². The topological polar surface area (TPSA) is 203 Å². The number of carboxylic acids is 2. The maximum absolute atomic E-state index is 13.2. The number of amides is 5. The molecule has 2 rings (SSSR count). The van der Waals surface area contributed by atoms with Crippen LogP contribution in [0.3, 0.4) is 0 Å². The van der Waals surface area contributed by atoms with Gasteiger partial charge in [0.1, 0.15) is 18.1 Å². The van der Waals surface area contributed by atoms with Crippen molar-refractivity contribution in [3.63, 3.8) is 0 Å². The number of rotatable bonds is 15. The Kier molecular flexibility index (Phi) is 13.3. The number of hydrogen-bond donors (Lipinski definition) is 7. The molecule has 44 heavy (non-hydrogen) atoms. The van der Waals surface area contributed by atoms with Crippen LogP contribution in [0.25, 0.3) is 0 Å². The lowest BCUT2D eigenvalue weighted by molar-refractivity contribution is -0.144. The second-order valence-electron chi connectivity index (χ2n) is 11.2. The number of para-hydroxylation sites is 1. The van der Waals surface area contributed by atoms with Gasteiger partial charge in [0.15, 0.2) is 0 Å². The molecule has 0 bridgehead atoms. The first kappa shape index (κ1) is 35.3. The Hall–Kier alpha value is -4.94. The largest absolute Gasteiger partial charge is 0.481 e. The highest BCUT2D eigenvalue weighted by molar-refractivity contribution is 6.00. The van der Waals surface area contributed by atoms with Crippen LogP contribution in [0.5, 0.6) is 0 Å². The minimum atomic E-state index is -1.56. The number of benzene rings is 2. The van der Waals surface area contributed by atoms with Crippen LogP contribution in [0, 0.1) is 18.8 Å². The van der Waals surface area contributed by atoms with E-state index < -0.39 is 66.2 Å². The smallest absolute Gasteiger partial charge is 0.326 e. The second-order valence-corrected chi connectivity index (χ2v) is 11.2. The number of carbonyl (C=O) groups excluding carboxylic acids is 4. The lowest BCUT2D eigenvalue weighted by Crippen LogP contribution is -2.57. The first-order valence-electron chi connectivity index (χ1n) is 14.2. The standard InChI is InChI=1S/C31H41N5O8/c1-17(2)14-23(28(40)34-24(16-26(38)39)29(41)36-27(18(3)4)30(42)43)33-25(37)15-20-10-12-21(13-11-20)32-31(44)35-22-9-7-6-8-19(22)5/h6-13,17-18,23-24,27H,14-16H2,1-5H3,(H,33,37)(H,34,40)(H,36,41)(H,38,39)(H,42,43)(H2,32,35,44)/t23-,24-,27-/m0/s1. The van der Waals surface area contributed by atoms with Gasteiger partial charge in [-0.1, -0.05) is 58.0 Å². The molecule has 0 aliphatic heterocycles. The highest BCUT2D eigenvalue weighted by Crippen LogP contribution is 2.15. The summed E-state index contributed by atoms with van der Waals surface area (Å²) in [5.41, 5.74) is 2.69. The zero-order chi connectivity index (χ0) is 33.0. The minimum Gasteiger partial charge on any atom is -0.481 e. The number of nitrogens with one attached hydrogen (secondary N) is 5. The monoisotopic (exact) mass is 611 g/mol. The third kappa shape index (κ3) is 11.7. The first-order chi connectivity index (χ1) is 20.7. The Labute approximate surface area is 256 Å². The van der Waals surface area contributed by atoms with E-state index in [1.807, 2.05) is 39.0 Å². The van der Waals surface area contributed by atoms with Crippen molar-refractivity contribution in [2.45, 2.75) is 72.0 Å². The van der Waals surface area contributed by atoms with E-state index in [1.165, 1.54) is 0 Å². The van der Waals surface area contributed by atoms with Gasteiger partial charge >= 0.3 is 18.0 Å². The molecule has 0 aliphatic carbocycles. The van der Waals surface area contributed by atoms with Crippen molar-refractivity contribution in [1.29, 1.82) is 0 Å². The van der Waals surface area contributed by atoms with E-state index in [9.17, 15) is 39.0 Å². The maximum atomic E-state index is 13.2. The van der Waals surface area contributed by atoms with Gasteiger partial charge in [0.25, 0.3) is 0 Å². The van der Waals surface area contributed by atoms with Gasteiger partial charge in [-0.3, -0.25) is 19.2 Å². The van der Waals surface area contributed by atoms with Crippen LogP contribution < -0.4 is 26.6 Å². The summed E-state index contributed by atoms with van der Waals surface area (Å²) in [6.07, 6.45) is -0.680. The van der Waals surface area contributed by atoms with Crippen LogP contribution in [0.4, 0.5) is 16.2 Å². The molecule has 0 aromatic heterocycles. The zero-order valence-electron chi connectivity index (χ0n) is 25.5. The molecule has 5 amide bonds. The first-order valence-corrected chi connectivity index (χ1v) is 14.2. The molecule has 7 N–H and O–H groups in total. The number of anilines is 2. The summed E-state index contributed by atoms with van der Waals surface area (Å²) >= 11 is 0. The molecule has 0 saturated heterocycles. The lowest BCUT2D eigenvalue weighted by Gasteiger charge is -2.25. The summed E-state index contributed by atoms with van der Waals surface area (Å²) in [6, 6.07) is 9.56. The maximum Gasteiger partial charge on any atom is 0.326 e. The van der Waals surface area contributed by atoms with Crippen molar-refractivity contribution >= 4 is 47.1 Å². The van der Waals surface area contributed by atoms with Crippen molar-refractivity contribution in [2.75, 3.05) is 10.6 Å². The summed E-state index contributed by atoms with van der Waals surface area (Å²) in [4.78, 5) is 74.1. The fraction of sp³-hybridized carbons (Fsp3) is 0.419. The Morgan fingerprint density at radius 1 is 0.750 bits per heavy atom. The van der Waals surface area contributed by atoms with Crippen LogP contribution in [0.1, 0.15) is 51.7 Å². The van der Waals surface area contributed by atoms with E-state index in [4.69, 9.17) is 0 Å². The number of urea groups is 1. The predicted molar refractivity (Wildman–Crippen MR) is 164 cm³/mol. The molecule has 0 spiro atoms. The number of hydrogen-bond acceptors (Lipinski definition) is 6. The average molecular weight is 612 g/mol. The van der Waals surface area contributed by atoms with Crippen molar-refractivity contribution in [2.24, 2.45) is 11.8 Å². The highest BCUT2D eigenvalue weighted by atomic mass is 16.4. The molecular weight excluding hydrogens is 570 g/mol. The number of carboxylic acid groups (broad SMARTS) is 2. The Bertz CT molecular complexity index is 1340. The fourth-order valence-electron chi connectivity index (χ4n) is 4.26.